The number of carbonyl (C=O) groups excluding carboxylic acids is 1. The summed E-state index contributed by atoms with van der Waals surface area (Å²) in [5.74, 6) is 0.581. The van der Waals surface area contributed by atoms with E-state index < -0.39 is 0 Å². The van der Waals surface area contributed by atoms with Crippen molar-refractivity contribution in [2.24, 2.45) is 0 Å². The van der Waals surface area contributed by atoms with Gasteiger partial charge in [0.15, 0.2) is 6.61 Å². The first kappa shape index (κ1) is 17.1. The van der Waals surface area contributed by atoms with Crippen molar-refractivity contribution in [1.82, 2.24) is 10.2 Å². The summed E-state index contributed by atoms with van der Waals surface area (Å²) in [7, 11) is 1.96. The lowest BCUT2D eigenvalue weighted by molar-refractivity contribution is -0.134. The highest BCUT2D eigenvalue weighted by atomic mass is 35.5. The van der Waals surface area contributed by atoms with Crippen LogP contribution in [0.2, 0.25) is 5.02 Å². The molecule has 1 N–H and O–H groups in total. The molecule has 1 fully saturated rings. The highest BCUT2D eigenvalue weighted by Crippen LogP contribution is 2.23. The number of para-hydroxylation sites is 1. The van der Waals surface area contributed by atoms with Gasteiger partial charge in [0.2, 0.25) is 0 Å². The highest BCUT2D eigenvalue weighted by molar-refractivity contribution is 6.32. The minimum atomic E-state index is 0. The molecule has 1 saturated heterocycles. The van der Waals surface area contributed by atoms with Gasteiger partial charge in [-0.1, -0.05) is 23.7 Å². The summed E-state index contributed by atoms with van der Waals surface area (Å²) in [4.78, 5) is 13.9. The number of hydrogen-bond acceptors (Lipinski definition) is 3. The number of hydrogen-bond donors (Lipinski definition) is 1. The second-order valence-electron chi connectivity index (χ2n) is 4.66. The van der Waals surface area contributed by atoms with E-state index in [0.717, 1.165) is 25.9 Å². The largest absolute Gasteiger partial charge is 0.482 e. The van der Waals surface area contributed by atoms with Gasteiger partial charge in [0.05, 0.1) is 5.02 Å². The smallest absolute Gasteiger partial charge is 0.260 e. The van der Waals surface area contributed by atoms with Crippen LogP contribution >= 0.6 is 24.0 Å². The summed E-state index contributed by atoms with van der Waals surface area (Å²) in [6.45, 7) is 1.63. The van der Waals surface area contributed by atoms with Crippen LogP contribution in [0.1, 0.15) is 12.8 Å². The van der Waals surface area contributed by atoms with Crippen LogP contribution in [-0.4, -0.2) is 43.6 Å². The Labute approximate surface area is 130 Å². The van der Waals surface area contributed by atoms with E-state index in [-0.39, 0.29) is 24.9 Å². The minimum Gasteiger partial charge on any atom is -0.482 e. The molecule has 1 aliphatic rings. The molecule has 0 unspecified atom stereocenters. The van der Waals surface area contributed by atoms with Crippen molar-refractivity contribution in [3.05, 3.63) is 29.3 Å². The Morgan fingerprint density at radius 2 is 2.05 bits per heavy atom. The first-order valence-electron chi connectivity index (χ1n) is 6.53. The summed E-state index contributed by atoms with van der Waals surface area (Å²) in [6, 6.07) is 7.71. The Morgan fingerprint density at radius 3 is 2.65 bits per heavy atom. The van der Waals surface area contributed by atoms with Gasteiger partial charge in [-0.25, -0.2) is 0 Å². The van der Waals surface area contributed by atoms with E-state index >= 15 is 0 Å². The van der Waals surface area contributed by atoms with E-state index in [4.69, 9.17) is 16.3 Å². The lowest BCUT2D eigenvalue weighted by Gasteiger charge is -2.31. The van der Waals surface area contributed by atoms with Gasteiger partial charge in [-0.15, -0.1) is 12.4 Å². The topological polar surface area (TPSA) is 41.6 Å². The van der Waals surface area contributed by atoms with Crippen molar-refractivity contribution in [2.45, 2.75) is 18.9 Å². The zero-order chi connectivity index (χ0) is 13.7. The van der Waals surface area contributed by atoms with Crippen LogP contribution in [0.15, 0.2) is 24.3 Å². The molecule has 0 spiro atoms. The number of nitrogens with one attached hydrogen (secondary N) is 1. The van der Waals surface area contributed by atoms with Gasteiger partial charge in [-0.05, 0) is 32.0 Å². The summed E-state index contributed by atoms with van der Waals surface area (Å²) in [5.41, 5.74) is 0. The third kappa shape index (κ3) is 4.54. The zero-order valence-electron chi connectivity index (χ0n) is 11.5. The summed E-state index contributed by atoms with van der Waals surface area (Å²) >= 11 is 5.97. The van der Waals surface area contributed by atoms with Crippen molar-refractivity contribution in [1.29, 1.82) is 0 Å². The second kappa shape index (κ2) is 8.35. The molecule has 6 heteroatoms. The molecule has 1 heterocycles. The maximum absolute atomic E-state index is 12.0. The fraction of sp³-hybridized carbons (Fsp3) is 0.500. The number of ether oxygens (including phenoxy) is 1. The number of rotatable bonds is 4. The van der Waals surface area contributed by atoms with E-state index in [0.29, 0.717) is 16.8 Å². The van der Waals surface area contributed by atoms with Gasteiger partial charge in [-0.3, -0.25) is 4.79 Å². The van der Waals surface area contributed by atoms with E-state index in [2.05, 4.69) is 5.32 Å². The predicted molar refractivity (Wildman–Crippen MR) is 82.9 cm³/mol. The fourth-order valence-electron chi connectivity index (χ4n) is 2.21. The third-order valence-corrected chi connectivity index (χ3v) is 3.76. The first-order valence-corrected chi connectivity index (χ1v) is 6.91. The Hall–Kier alpha value is -0.970. The number of amides is 1. The van der Waals surface area contributed by atoms with E-state index in [9.17, 15) is 4.79 Å². The molecular formula is C14H20Cl2N2O2. The number of nitrogens with zero attached hydrogens (tertiary/aromatic N) is 1. The third-order valence-electron chi connectivity index (χ3n) is 3.44. The molecule has 0 saturated carbocycles. The maximum Gasteiger partial charge on any atom is 0.260 e. The Morgan fingerprint density at radius 1 is 1.40 bits per heavy atom. The predicted octanol–water partition coefficient (Wildman–Crippen LogP) is 2.35. The summed E-state index contributed by atoms with van der Waals surface area (Å²) in [6.07, 6.45) is 1.99. The highest BCUT2D eigenvalue weighted by Gasteiger charge is 2.21. The molecule has 112 valence electrons. The van der Waals surface area contributed by atoms with E-state index in [1.807, 2.05) is 24.1 Å². The van der Waals surface area contributed by atoms with E-state index in [1.54, 1.807) is 12.1 Å². The summed E-state index contributed by atoms with van der Waals surface area (Å²) in [5, 5.41) is 3.77. The van der Waals surface area contributed by atoms with Gasteiger partial charge in [0.1, 0.15) is 5.75 Å². The molecule has 1 aromatic rings. The Kier molecular flexibility index (Phi) is 7.13. The van der Waals surface area contributed by atoms with Gasteiger partial charge < -0.3 is 15.0 Å². The molecular weight excluding hydrogens is 299 g/mol. The molecule has 20 heavy (non-hydrogen) atoms. The molecule has 1 amide bonds. The van der Waals surface area contributed by atoms with Crippen molar-refractivity contribution >= 4 is 29.9 Å². The van der Waals surface area contributed by atoms with Crippen LogP contribution in [0.3, 0.4) is 0 Å². The molecule has 0 radical (unpaired) electrons. The standard InChI is InChI=1S/C14H19ClN2O2.ClH/c1-16-11-6-8-17(9-7-11)14(18)10-19-13-5-3-2-4-12(13)15;/h2-5,11,16H,6-10H2,1H3;1H. The minimum absolute atomic E-state index is 0. The number of likely N-dealkylation sites (tertiary alicyclic amines) is 1. The summed E-state index contributed by atoms with van der Waals surface area (Å²) < 4.78 is 5.47. The van der Waals surface area contributed by atoms with Gasteiger partial charge in [-0.2, -0.15) is 0 Å². The average molecular weight is 319 g/mol. The van der Waals surface area contributed by atoms with Gasteiger partial charge in [0.25, 0.3) is 5.91 Å². The van der Waals surface area contributed by atoms with Gasteiger partial charge in [0, 0.05) is 19.1 Å². The molecule has 2 rings (SSSR count). The fourth-order valence-corrected chi connectivity index (χ4v) is 2.40. The quantitative estimate of drug-likeness (QED) is 0.926. The molecule has 0 bridgehead atoms. The van der Waals surface area contributed by atoms with Gasteiger partial charge >= 0.3 is 0 Å². The average Bonchev–Trinajstić information content (AvgIpc) is 2.46. The number of halogens is 2. The molecule has 0 atom stereocenters. The molecule has 0 aliphatic carbocycles. The second-order valence-corrected chi connectivity index (χ2v) is 5.07. The normalized spacial score (nSPS) is 15.6. The Balaban J connectivity index is 0.00000200. The van der Waals surface area contributed by atoms with Crippen LogP contribution in [0.5, 0.6) is 5.75 Å². The number of piperidine rings is 1. The number of carbonyl (C=O) groups is 1. The SMILES string of the molecule is CNC1CCN(C(=O)COc2ccccc2Cl)CC1.Cl. The lowest BCUT2D eigenvalue weighted by atomic mass is 10.1. The zero-order valence-corrected chi connectivity index (χ0v) is 13.0. The van der Waals surface area contributed by atoms with Crippen molar-refractivity contribution in [3.8, 4) is 5.75 Å². The van der Waals surface area contributed by atoms with Crippen molar-refractivity contribution in [2.75, 3.05) is 26.7 Å². The molecule has 1 aromatic carbocycles. The first-order chi connectivity index (χ1) is 9.20. The van der Waals surface area contributed by atoms with Crippen LogP contribution in [0.4, 0.5) is 0 Å². The molecule has 0 aromatic heterocycles. The van der Waals surface area contributed by atoms with Crippen LogP contribution < -0.4 is 10.1 Å². The monoisotopic (exact) mass is 318 g/mol. The number of benzene rings is 1. The van der Waals surface area contributed by atoms with E-state index in [1.165, 1.54) is 0 Å². The van der Waals surface area contributed by atoms with Crippen LogP contribution in [0.25, 0.3) is 0 Å². The van der Waals surface area contributed by atoms with Crippen LogP contribution in [-0.2, 0) is 4.79 Å². The maximum atomic E-state index is 12.0. The van der Waals surface area contributed by atoms with Crippen molar-refractivity contribution in [3.63, 3.8) is 0 Å². The van der Waals surface area contributed by atoms with Crippen LogP contribution in [0, 0.1) is 0 Å². The Bertz CT molecular complexity index is 435. The lowest BCUT2D eigenvalue weighted by Crippen LogP contribution is -2.45. The molecule has 4 nitrogen and oxygen atoms in total. The molecule has 1 aliphatic heterocycles. The van der Waals surface area contributed by atoms with Crippen molar-refractivity contribution < 1.29 is 9.53 Å².